The van der Waals surface area contributed by atoms with E-state index in [1.54, 1.807) is 0 Å². The van der Waals surface area contributed by atoms with Gasteiger partial charge >= 0.3 is 0 Å². The van der Waals surface area contributed by atoms with Gasteiger partial charge in [-0.05, 0) is 26.7 Å². The first-order valence-electron chi connectivity index (χ1n) is 3.06. The van der Waals surface area contributed by atoms with Crippen molar-refractivity contribution in [1.82, 2.24) is 0 Å². The second-order valence-electron chi connectivity index (χ2n) is 2.76. The van der Waals surface area contributed by atoms with Crippen LogP contribution in [0, 0.1) is 17.8 Å². The molecule has 0 unspecified atom stereocenters. The molecule has 0 saturated heterocycles. The van der Waals surface area contributed by atoms with Gasteiger partial charge in [-0.2, -0.15) is 0 Å². The zero-order chi connectivity index (χ0) is 6.62. The van der Waals surface area contributed by atoms with Crippen molar-refractivity contribution in [3.05, 3.63) is 6.42 Å². The molecule has 8 heavy (non-hydrogen) atoms. The molecular formula is C8H13. The average Bonchev–Trinajstić information content (AvgIpc) is 1.67. The highest BCUT2D eigenvalue weighted by Gasteiger charge is 2.10. The topological polar surface area (TPSA) is 0 Å². The lowest BCUT2D eigenvalue weighted by molar-refractivity contribution is 0.451. The summed E-state index contributed by atoms with van der Waals surface area (Å²) in [5, 5.41) is 0. The number of hydrogen-bond acceptors (Lipinski definition) is 0. The predicted octanol–water partition coefficient (Wildman–Crippen LogP) is 2.40. The quantitative estimate of drug-likeness (QED) is 0.478. The molecule has 0 amide bonds. The van der Waals surface area contributed by atoms with Crippen LogP contribution in [0.2, 0.25) is 0 Å². The molecule has 1 radical (unpaired) electrons. The molecule has 0 aromatic carbocycles. The maximum absolute atomic E-state index is 6.86. The molecule has 0 aliphatic carbocycles. The summed E-state index contributed by atoms with van der Waals surface area (Å²) in [6, 6.07) is 0. The van der Waals surface area contributed by atoms with Gasteiger partial charge in [-0.15, -0.1) is 0 Å². The van der Waals surface area contributed by atoms with E-state index in [1.807, 2.05) is 13.8 Å². The molecule has 0 aromatic rings. The van der Waals surface area contributed by atoms with E-state index in [0.717, 1.165) is 12.8 Å². The van der Waals surface area contributed by atoms with E-state index in [1.165, 1.54) is 0 Å². The molecule has 0 aliphatic heterocycles. The van der Waals surface area contributed by atoms with Gasteiger partial charge in [0.15, 0.2) is 0 Å². The van der Waals surface area contributed by atoms with Gasteiger partial charge in [-0.3, -0.25) is 0 Å². The standard InChI is InChI=1S/C8H13/c1-5-7-8(3,4)6-2/h5,7H2,1,3-4H3. The van der Waals surface area contributed by atoms with Crippen molar-refractivity contribution in [2.24, 2.45) is 5.41 Å². The minimum absolute atomic E-state index is 0.00868. The third-order valence-corrected chi connectivity index (χ3v) is 1.21. The van der Waals surface area contributed by atoms with E-state index in [4.69, 9.17) is 6.42 Å². The Bertz CT molecular complexity index is 93.1. The van der Waals surface area contributed by atoms with Crippen molar-refractivity contribution in [3.8, 4) is 5.92 Å². The summed E-state index contributed by atoms with van der Waals surface area (Å²) in [6.45, 7) is 6.19. The van der Waals surface area contributed by atoms with Gasteiger partial charge in [0.1, 0.15) is 0 Å². The fraction of sp³-hybridized carbons (Fsp3) is 0.750. The molecule has 0 spiro atoms. The molecule has 0 nitrogen and oxygen atoms in total. The summed E-state index contributed by atoms with van der Waals surface area (Å²) >= 11 is 0. The van der Waals surface area contributed by atoms with Crippen LogP contribution in [0.25, 0.3) is 0 Å². The van der Waals surface area contributed by atoms with E-state index in [9.17, 15) is 0 Å². The molecule has 0 heteroatoms. The van der Waals surface area contributed by atoms with Crippen LogP contribution in [-0.4, -0.2) is 0 Å². The summed E-state index contributed by atoms with van der Waals surface area (Å²) in [7, 11) is 0. The van der Waals surface area contributed by atoms with Crippen molar-refractivity contribution in [3.63, 3.8) is 0 Å². The molecule has 45 valence electrons. The largest absolute Gasteiger partial charge is 0.0829 e. The lowest BCUT2D eigenvalue weighted by atomic mass is 9.90. The summed E-state index contributed by atoms with van der Waals surface area (Å²) in [5.41, 5.74) is 0.00868. The third kappa shape index (κ3) is 2.69. The molecule has 0 saturated carbocycles. The van der Waals surface area contributed by atoms with Gasteiger partial charge in [0.25, 0.3) is 0 Å². The fourth-order valence-corrected chi connectivity index (χ4v) is 0.687. The SMILES string of the molecule is [C]#CC(C)(C)CCC. The van der Waals surface area contributed by atoms with Gasteiger partial charge in [-0.25, -0.2) is 0 Å². The zero-order valence-electron chi connectivity index (χ0n) is 5.91. The molecular weight excluding hydrogens is 96.1 g/mol. The number of hydrogen-bond donors (Lipinski definition) is 0. The molecule has 0 bridgehead atoms. The van der Waals surface area contributed by atoms with Crippen molar-refractivity contribution in [2.75, 3.05) is 0 Å². The number of rotatable bonds is 2. The first kappa shape index (κ1) is 7.56. The predicted molar refractivity (Wildman–Crippen MR) is 35.8 cm³/mol. The highest BCUT2D eigenvalue weighted by molar-refractivity contribution is 4.94. The van der Waals surface area contributed by atoms with Gasteiger partial charge in [0.2, 0.25) is 0 Å². The smallest absolute Gasteiger partial charge is 0.0268 e. The van der Waals surface area contributed by atoms with E-state index in [2.05, 4.69) is 12.8 Å². The maximum atomic E-state index is 6.86. The van der Waals surface area contributed by atoms with Crippen LogP contribution >= 0.6 is 0 Å². The average molecular weight is 109 g/mol. The van der Waals surface area contributed by atoms with Gasteiger partial charge < -0.3 is 0 Å². The van der Waals surface area contributed by atoms with Crippen LogP contribution < -0.4 is 0 Å². The maximum Gasteiger partial charge on any atom is 0.0268 e. The second-order valence-corrected chi connectivity index (χ2v) is 2.76. The van der Waals surface area contributed by atoms with Crippen molar-refractivity contribution >= 4 is 0 Å². The summed E-state index contributed by atoms with van der Waals surface area (Å²) in [5.74, 6) is 2.49. The molecule has 0 N–H and O–H groups in total. The Morgan fingerprint density at radius 2 is 2.00 bits per heavy atom. The molecule has 0 aliphatic rings. The van der Waals surface area contributed by atoms with Crippen molar-refractivity contribution < 1.29 is 0 Å². The lowest BCUT2D eigenvalue weighted by Gasteiger charge is -2.14. The molecule has 0 fully saturated rings. The van der Waals surface area contributed by atoms with Crippen LogP contribution in [-0.2, 0) is 0 Å². The molecule has 0 rings (SSSR count). The van der Waals surface area contributed by atoms with E-state index < -0.39 is 0 Å². The lowest BCUT2D eigenvalue weighted by Crippen LogP contribution is -2.05. The normalized spacial score (nSPS) is 10.8. The summed E-state index contributed by atoms with van der Waals surface area (Å²) < 4.78 is 0. The third-order valence-electron chi connectivity index (χ3n) is 1.21. The fourth-order valence-electron chi connectivity index (χ4n) is 0.687. The van der Waals surface area contributed by atoms with Crippen LogP contribution in [0.4, 0.5) is 0 Å². The highest BCUT2D eigenvalue weighted by atomic mass is 14.1. The van der Waals surface area contributed by atoms with E-state index >= 15 is 0 Å². The first-order valence-corrected chi connectivity index (χ1v) is 3.06. The van der Waals surface area contributed by atoms with Crippen LogP contribution in [0.3, 0.4) is 0 Å². The van der Waals surface area contributed by atoms with E-state index in [-0.39, 0.29) is 5.41 Å². The monoisotopic (exact) mass is 109 g/mol. The van der Waals surface area contributed by atoms with E-state index in [0.29, 0.717) is 0 Å². The zero-order valence-corrected chi connectivity index (χ0v) is 5.91. The van der Waals surface area contributed by atoms with Gasteiger partial charge in [-0.1, -0.05) is 19.3 Å². The van der Waals surface area contributed by atoms with Gasteiger partial charge in [0.05, 0.1) is 0 Å². The van der Waals surface area contributed by atoms with Gasteiger partial charge in [0, 0.05) is 5.41 Å². The second kappa shape index (κ2) is 2.77. The van der Waals surface area contributed by atoms with Crippen LogP contribution in [0.1, 0.15) is 33.6 Å². The van der Waals surface area contributed by atoms with Crippen molar-refractivity contribution in [2.45, 2.75) is 33.6 Å². The Hall–Kier alpha value is -0.440. The Balaban J connectivity index is 3.59. The summed E-state index contributed by atoms with van der Waals surface area (Å²) in [6.07, 6.45) is 9.06. The Morgan fingerprint density at radius 1 is 1.50 bits per heavy atom. The Kier molecular flexibility index (Phi) is 2.62. The first-order chi connectivity index (χ1) is 3.62. The highest BCUT2D eigenvalue weighted by Crippen LogP contribution is 2.19. The van der Waals surface area contributed by atoms with Crippen molar-refractivity contribution in [1.29, 1.82) is 0 Å². The molecule has 0 heterocycles. The molecule has 0 atom stereocenters. The van der Waals surface area contributed by atoms with Crippen LogP contribution in [0.15, 0.2) is 0 Å². The Labute approximate surface area is 52.3 Å². The minimum Gasteiger partial charge on any atom is -0.0829 e. The Morgan fingerprint density at radius 3 is 2.12 bits per heavy atom. The van der Waals surface area contributed by atoms with Crippen LogP contribution in [0.5, 0.6) is 0 Å². The molecule has 0 aromatic heterocycles. The summed E-state index contributed by atoms with van der Waals surface area (Å²) in [4.78, 5) is 0. The minimum atomic E-state index is 0.00868.